The minimum absolute atomic E-state index is 0.0140. The van der Waals surface area contributed by atoms with Gasteiger partial charge < -0.3 is 9.80 Å². The monoisotopic (exact) mass is 237 g/mol. The first-order valence-electron chi connectivity index (χ1n) is 6.09. The number of likely N-dealkylation sites (N-methyl/N-ethyl adjacent to an activating group) is 1. The van der Waals surface area contributed by atoms with Crippen LogP contribution in [0.3, 0.4) is 0 Å². The molecular weight excluding hydrogens is 219 g/mol. The summed E-state index contributed by atoms with van der Waals surface area (Å²) in [4.78, 5) is 15.5. The number of nitrogens with zero attached hydrogens (tertiary/aromatic N) is 1. The van der Waals surface area contributed by atoms with Crippen molar-refractivity contribution in [2.45, 2.75) is 6.92 Å². The minimum Gasteiger partial charge on any atom is -0.332 e. The van der Waals surface area contributed by atoms with Gasteiger partial charge in [-0.1, -0.05) is 0 Å². The van der Waals surface area contributed by atoms with Gasteiger partial charge in [0.1, 0.15) is 5.82 Å². The Labute approximate surface area is 101 Å². The molecule has 1 fully saturated rings. The molecule has 2 rings (SSSR count). The van der Waals surface area contributed by atoms with E-state index in [1.807, 2.05) is 4.90 Å². The van der Waals surface area contributed by atoms with Crippen molar-refractivity contribution in [3.8, 4) is 0 Å². The number of rotatable bonds is 2. The first-order chi connectivity index (χ1) is 8.20. The number of hydrogen-bond acceptors (Lipinski definition) is 1. The van der Waals surface area contributed by atoms with Crippen molar-refractivity contribution in [3.63, 3.8) is 0 Å². The van der Waals surface area contributed by atoms with Gasteiger partial charge in [-0.2, -0.15) is 0 Å². The zero-order valence-electron chi connectivity index (χ0n) is 10.1. The summed E-state index contributed by atoms with van der Waals surface area (Å²) in [7, 11) is 0. The molecule has 0 spiro atoms. The highest BCUT2D eigenvalue weighted by atomic mass is 19.1. The van der Waals surface area contributed by atoms with Crippen molar-refractivity contribution in [1.82, 2.24) is 4.90 Å². The third-order valence-corrected chi connectivity index (χ3v) is 3.35. The smallest absolute Gasteiger partial charge is 0.254 e. The Morgan fingerprint density at radius 2 is 1.88 bits per heavy atom. The van der Waals surface area contributed by atoms with E-state index in [0.29, 0.717) is 5.56 Å². The fraction of sp³-hybridized carbons (Fsp3) is 0.462. The Hall–Kier alpha value is -1.42. The highest BCUT2D eigenvalue weighted by molar-refractivity contribution is 5.94. The highest BCUT2D eigenvalue weighted by Gasteiger charge is 2.23. The summed E-state index contributed by atoms with van der Waals surface area (Å²) in [6.07, 6.45) is 0. The van der Waals surface area contributed by atoms with E-state index in [-0.39, 0.29) is 11.7 Å². The largest absolute Gasteiger partial charge is 0.332 e. The van der Waals surface area contributed by atoms with Crippen LogP contribution in [0.2, 0.25) is 0 Å². The molecule has 0 saturated carbocycles. The zero-order chi connectivity index (χ0) is 12.3. The molecule has 0 aliphatic carbocycles. The van der Waals surface area contributed by atoms with Gasteiger partial charge in [0.2, 0.25) is 0 Å². The predicted molar refractivity (Wildman–Crippen MR) is 63.5 cm³/mol. The van der Waals surface area contributed by atoms with Gasteiger partial charge in [0, 0.05) is 5.56 Å². The summed E-state index contributed by atoms with van der Waals surface area (Å²) < 4.78 is 12.8. The van der Waals surface area contributed by atoms with Crippen LogP contribution in [-0.4, -0.2) is 43.5 Å². The van der Waals surface area contributed by atoms with Gasteiger partial charge in [-0.25, -0.2) is 4.39 Å². The van der Waals surface area contributed by atoms with Crippen molar-refractivity contribution >= 4 is 5.91 Å². The Kier molecular flexibility index (Phi) is 3.74. The normalized spacial score (nSPS) is 17.2. The Bertz CT molecular complexity index is 383. The van der Waals surface area contributed by atoms with E-state index in [4.69, 9.17) is 0 Å². The molecule has 1 aromatic rings. The maximum Gasteiger partial charge on any atom is 0.254 e. The van der Waals surface area contributed by atoms with Crippen LogP contribution < -0.4 is 4.90 Å². The van der Waals surface area contributed by atoms with Gasteiger partial charge >= 0.3 is 0 Å². The quantitative estimate of drug-likeness (QED) is 0.780. The standard InChI is InChI=1S/C13H17FN2O/c1-2-15-7-9-16(10-8-15)13(17)11-3-5-12(14)6-4-11/h3-6H,2,7-10H2,1H3/p+1. The van der Waals surface area contributed by atoms with E-state index >= 15 is 0 Å². The molecule has 0 bridgehead atoms. The van der Waals surface area contributed by atoms with Gasteiger partial charge in [0.25, 0.3) is 5.91 Å². The maximum absolute atomic E-state index is 12.8. The average Bonchev–Trinajstić information content (AvgIpc) is 2.39. The van der Waals surface area contributed by atoms with Crippen molar-refractivity contribution in [2.24, 2.45) is 0 Å². The molecule has 0 aromatic heterocycles. The van der Waals surface area contributed by atoms with E-state index in [2.05, 4.69) is 6.92 Å². The van der Waals surface area contributed by atoms with E-state index in [0.717, 1.165) is 32.7 Å². The number of piperazine rings is 1. The second-order valence-electron chi connectivity index (χ2n) is 4.40. The number of amides is 1. The lowest BCUT2D eigenvalue weighted by atomic mass is 10.2. The van der Waals surface area contributed by atoms with Crippen LogP contribution >= 0.6 is 0 Å². The number of carbonyl (C=O) groups excluding carboxylic acids is 1. The molecule has 0 unspecified atom stereocenters. The molecule has 3 nitrogen and oxygen atoms in total. The van der Waals surface area contributed by atoms with Gasteiger partial charge in [0.15, 0.2) is 0 Å². The molecule has 17 heavy (non-hydrogen) atoms. The van der Waals surface area contributed by atoms with Crippen LogP contribution in [-0.2, 0) is 0 Å². The molecule has 1 N–H and O–H groups in total. The molecule has 0 radical (unpaired) electrons. The lowest BCUT2D eigenvalue weighted by Gasteiger charge is -2.31. The zero-order valence-corrected chi connectivity index (χ0v) is 10.1. The average molecular weight is 237 g/mol. The summed E-state index contributed by atoms with van der Waals surface area (Å²) in [6, 6.07) is 5.77. The third-order valence-electron chi connectivity index (χ3n) is 3.35. The number of benzene rings is 1. The lowest BCUT2D eigenvalue weighted by Crippen LogP contribution is -3.14. The molecule has 0 atom stereocenters. The van der Waals surface area contributed by atoms with Crippen molar-refractivity contribution in [2.75, 3.05) is 32.7 Å². The molecule has 1 aliphatic rings. The first-order valence-corrected chi connectivity index (χ1v) is 6.09. The summed E-state index contributed by atoms with van der Waals surface area (Å²) in [6.45, 7) is 6.86. The van der Waals surface area contributed by atoms with Crippen molar-refractivity contribution in [3.05, 3.63) is 35.6 Å². The summed E-state index contributed by atoms with van der Waals surface area (Å²) in [5.74, 6) is -0.290. The molecule has 1 amide bonds. The van der Waals surface area contributed by atoms with Crippen LogP contribution in [0, 0.1) is 5.82 Å². The Morgan fingerprint density at radius 1 is 1.29 bits per heavy atom. The van der Waals surface area contributed by atoms with Gasteiger partial charge in [-0.3, -0.25) is 4.79 Å². The van der Waals surface area contributed by atoms with E-state index in [9.17, 15) is 9.18 Å². The topological polar surface area (TPSA) is 24.8 Å². The van der Waals surface area contributed by atoms with Crippen LogP contribution in [0.1, 0.15) is 17.3 Å². The molecule has 1 aliphatic heterocycles. The predicted octanol–water partition coefficient (Wildman–Crippen LogP) is 0.186. The molecule has 92 valence electrons. The molecule has 4 heteroatoms. The van der Waals surface area contributed by atoms with Crippen LogP contribution in [0.4, 0.5) is 4.39 Å². The number of quaternary nitrogens is 1. The fourth-order valence-corrected chi connectivity index (χ4v) is 2.15. The van der Waals surface area contributed by atoms with Crippen LogP contribution in [0.25, 0.3) is 0 Å². The second kappa shape index (κ2) is 5.27. The van der Waals surface area contributed by atoms with E-state index in [1.165, 1.54) is 17.0 Å². The van der Waals surface area contributed by atoms with E-state index < -0.39 is 0 Å². The fourth-order valence-electron chi connectivity index (χ4n) is 2.15. The lowest BCUT2D eigenvalue weighted by molar-refractivity contribution is -0.902. The van der Waals surface area contributed by atoms with Crippen molar-refractivity contribution in [1.29, 1.82) is 0 Å². The Balaban J connectivity index is 1.99. The molecule has 1 heterocycles. The molecule has 1 aromatic carbocycles. The van der Waals surface area contributed by atoms with Crippen LogP contribution in [0.5, 0.6) is 0 Å². The number of carbonyl (C=O) groups is 1. The second-order valence-corrected chi connectivity index (χ2v) is 4.40. The summed E-state index contributed by atoms with van der Waals surface area (Å²) in [5.41, 5.74) is 0.575. The van der Waals surface area contributed by atoms with Gasteiger partial charge in [-0.15, -0.1) is 0 Å². The van der Waals surface area contributed by atoms with Crippen molar-refractivity contribution < 1.29 is 14.1 Å². The Morgan fingerprint density at radius 3 is 2.41 bits per heavy atom. The molecular formula is C13H18FN2O+. The number of halogens is 1. The third kappa shape index (κ3) is 2.82. The SMILES string of the molecule is CC[NH+]1CCN(C(=O)c2ccc(F)cc2)CC1. The maximum atomic E-state index is 12.8. The van der Waals surface area contributed by atoms with Crippen LogP contribution in [0.15, 0.2) is 24.3 Å². The van der Waals surface area contributed by atoms with Gasteiger partial charge in [0.05, 0.1) is 32.7 Å². The number of nitrogens with one attached hydrogen (secondary N) is 1. The number of hydrogen-bond donors (Lipinski definition) is 1. The summed E-state index contributed by atoms with van der Waals surface area (Å²) >= 11 is 0. The minimum atomic E-state index is -0.304. The first kappa shape index (κ1) is 12.0. The highest BCUT2D eigenvalue weighted by Crippen LogP contribution is 2.06. The molecule has 1 saturated heterocycles. The van der Waals surface area contributed by atoms with E-state index in [1.54, 1.807) is 12.1 Å². The van der Waals surface area contributed by atoms with Gasteiger partial charge in [-0.05, 0) is 31.2 Å². The summed E-state index contributed by atoms with van der Waals surface area (Å²) in [5, 5.41) is 0.